The molecule has 0 N–H and O–H groups in total. The van der Waals surface area contributed by atoms with Gasteiger partial charge in [-0.15, -0.1) is 0 Å². The fraction of sp³-hybridized carbons (Fsp3) is 0.417. The van der Waals surface area contributed by atoms with E-state index >= 15 is 0 Å². The second-order valence-electron chi connectivity index (χ2n) is 4.96. The second kappa shape index (κ2) is 3.78. The average molecular weight is 272 g/mol. The molecule has 0 saturated heterocycles. The van der Waals surface area contributed by atoms with Crippen molar-refractivity contribution < 1.29 is 22.3 Å². The van der Waals surface area contributed by atoms with E-state index < -0.39 is 27.0 Å². The maximum atomic E-state index is 13.8. The van der Waals surface area contributed by atoms with Crippen molar-refractivity contribution in [3.05, 3.63) is 29.1 Å². The van der Waals surface area contributed by atoms with Gasteiger partial charge in [0.05, 0.1) is 23.3 Å². The lowest BCUT2D eigenvalue weighted by molar-refractivity contribution is 0.0595. The van der Waals surface area contributed by atoms with Crippen molar-refractivity contribution in [2.75, 3.05) is 12.9 Å². The molecule has 1 heterocycles. The van der Waals surface area contributed by atoms with Gasteiger partial charge < -0.3 is 4.74 Å². The van der Waals surface area contributed by atoms with Crippen LogP contribution in [0.3, 0.4) is 0 Å². The molecule has 1 aliphatic heterocycles. The lowest BCUT2D eigenvalue weighted by atomic mass is 9.86. The van der Waals surface area contributed by atoms with Crippen LogP contribution in [-0.2, 0) is 20.0 Å². The molecule has 0 fully saturated rings. The van der Waals surface area contributed by atoms with Crippen molar-refractivity contribution in [2.45, 2.75) is 24.2 Å². The van der Waals surface area contributed by atoms with Gasteiger partial charge in [-0.25, -0.2) is 17.6 Å². The van der Waals surface area contributed by atoms with Crippen molar-refractivity contribution in [2.24, 2.45) is 0 Å². The Balaban J connectivity index is 2.75. The molecule has 18 heavy (non-hydrogen) atoms. The van der Waals surface area contributed by atoms with Crippen LogP contribution < -0.4 is 0 Å². The Bertz CT molecular complexity index is 632. The van der Waals surface area contributed by atoms with Gasteiger partial charge in [0.1, 0.15) is 5.82 Å². The van der Waals surface area contributed by atoms with Crippen molar-refractivity contribution in [1.82, 2.24) is 0 Å². The van der Waals surface area contributed by atoms with E-state index in [1.807, 2.05) is 0 Å². The van der Waals surface area contributed by atoms with Crippen molar-refractivity contribution in [3.63, 3.8) is 0 Å². The first kappa shape index (κ1) is 13.0. The number of esters is 1. The van der Waals surface area contributed by atoms with E-state index in [4.69, 9.17) is 0 Å². The fourth-order valence-corrected chi connectivity index (χ4v) is 4.47. The van der Waals surface area contributed by atoms with Crippen molar-refractivity contribution in [3.8, 4) is 0 Å². The standard InChI is InChI=1S/C12H13FO4S/c1-12(2)6-18(15,16)10-4-7(11(14)17-3)9(13)5-8(10)12/h4-5H,6H2,1-3H3. The molecule has 0 amide bonds. The first-order chi connectivity index (χ1) is 8.19. The molecule has 1 aliphatic rings. The Morgan fingerprint density at radius 3 is 2.56 bits per heavy atom. The molecule has 6 heteroatoms. The van der Waals surface area contributed by atoms with Gasteiger partial charge in [0.15, 0.2) is 9.84 Å². The molecular formula is C12H13FO4S. The molecule has 0 unspecified atom stereocenters. The normalized spacial score (nSPS) is 19.3. The number of carbonyl (C=O) groups is 1. The van der Waals surface area contributed by atoms with Crippen LogP contribution >= 0.6 is 0 Å². The Labute approximate surface area is 105 Å². The third-order valence-electron chi connectivity index (χ3n) is 3.09. The van der Waals surface area contributed by atoms with Gasteiger partial charge in [-0.05, 0) is 17.7 Å². The Morgan fingerprint density at radius 2 is 2.00 bits per heavy atom. The molecule has 1 aromatic rings. The smallest absolute Gasteiger partial charge is 0.340 e. The van der Waals surface area contributed by atoms with E-state index in [-0.39, 0.29) is 16.2 Å². The summed E-state index contributed by atoms with van der Waals surface area (Å²) in [5, 5.41) is 0. The van der Waals surface area contributed by atoms with Crippen LogP contribution in [-0.4, -0.2) is 27.2 Å². The number of ether oxygens (including phenoxy) is 1. The predicted molar refractivity (Wildman–Crippen MR) is 62.8 cm³/mol. The largest absolute Gasteiger partial charge is 0.465 e. The average Bonchev–Trinajstić information content (AvgIpc) is 2.42. The first-order valence-electron chi connectivity index (χ1n) is 5.34. The quantitative estimate of drug-likeness (QED) is 0.576. The van der Waals surface area contributed by atoms with Gasteiger partial charge in [0.2, 0.25) is 0 Å². The number of hydrogen-bond donors (Lipinski definition) is 0. The number of sulfone groups is 1. The van der Waals surface area contributed by atoms with Gasteiger partial charge in [-0.2, -0.15) is 0 Å². The summed E-state index contributed by atoms with van der Waals surface area (Å²) < 4.78 is 42.1. The Morgan fingerprint density at radius 1 is 1.39 bits per heavy atom. The highest BCUT2D eigenvalue weighted by Crippen LogP contribution is 2.40. The summed E-state index contributed by atoms with van der Waals surface area (Å²) in [4.78, 5) is 11.4. The molecule has 0 bridgehead atoms. The fourth-order valence-electron chi connectivity index (χ4n) is 2.24. The summed E-state index contributed by atoms with van der Waals surface area (Å²) in [5.74, 6) is -1.72. The molecule has 0 spiro atoms. The summed E-state index contributed by atoms with van der Waals surface area (Å²) in [6, 6.07) is 2.19. The van der Waals surface area contributed by atoms with E-state index in [0.29, 0.717) is 5.56 Å². The monoisotopic (exact) mass is 272 g/mol. The molecule has 0 aromatic heterocycles. The number of rotatable bonds is 1. The maximum absolute atomic E-state index is 13.8. The molecule has 1 aromatic carbocycles. The minimum absolute atomic E-state index is 0.0225. The Hall–Kier alpha value is -1.43. The maximum Gasteiger partial charge on any atom is 0.340 e. The van der Waals surface area contributed by atoms with Gasteiger partial charge in [0.25, 0.3) is 0 Å². The summed E-state index contributed by atoms with van der Waals surface area (Å²) in [6.45, 7) is 3.46. The summed E-state index contributed by atoms with van der Waals surface area (Å²) in [6.07, 6.45) is 0. The van der Waals surface area contributed by atoms with Gasteiger partial charge in [-0.1, -0.05) is 13.8 Å². The minimum Gasteiger partial charge on any atom is -0.465 e. The number of benzene rings is 1. The third kappa shape index (κ3) is 1.80. The number of fused-ring (bicyclic) bond motifs is 1. The van der Waals surface area contributed by atoms with Crippen LogP contribution in [0.1, 0.15) is 29.8 Å². The first-order valence-corrected chi connectivity index (χ1v) is 6.99. The lowest BCUT2D eigenvalue weighted by Crippen LogP contribution is -2.19. The molecule has 2 rings (SSSR count). The highest BCUT2D eigenvalue weighted by Gasteiger charge is 2.41. The molecule has 0 radical (unpaired) electrons. The summed E-state index contributed by atoms with van der Waals surface area (Å²) in [5.41, 5.74) is -0.589. The number of hydrogen-bond acceptors (Lipinski definition) is 4. The number of carbonyl (C=O) groups excluding carboxylic acids is 1. The number of halogens is 1. The Kier molecular flexibility index (Phi) is 2.73. The van der Waals surface area contributed by atoms with E-state index in [1.54, 1.807) is 13.8 Å². The van der Waals surface area contributed by atoms with E-state index in [9.17, 15) is 17.6 Å². The second-order valence-corrected chi connectivity index (χ2v) is 6.92. The molecule has 4 nitrogen and oxygen atoms in total. The van der Waals surface area contributed by atoms with Crippen LogP contribution in [0.25, 0.3) is 0 Å². The van der Waals surface area contributed by atoms with E-state index in [0.717, 1.165) is 19.2 Å². The van der Waals surface area contributed by atoms with E-state index in [1.165, 1.54) is 0 Å². The highest BCUT2D eigenvalue weighted by molar-refractivity contribution is 7.91. The molecular weight excluding hydrogens is 259 g/mol. The molecule has 0 atom stereocenters. The highest BCUT2D eigenvalue weighted by atomic mass is 32.2. The molecule has 0 aliphatic carbocycles. The zero-order valence-electron chi connectivity index (χ0n) is 10.3. The lowest BCUT2D eigenvalue weighted by Gasteiger charge is -2.16. The van der Waals surface area contributed by atoms with Crippen LogP contribution in [0.5, 0.6) is 0 Å². The van der Waals surface area contributed by atoms with E-state index in [2.05, 4.69) is 4.74 Å². The predicted octanol–water partition coefficient (Wildman–Crippen LogP) is 1.68. The number of methoxy groups -OCH3 is 1. The molecule has 98 valence electrons. The minimum atomic E-state index is -3.47. The van der Waals surface area contributed by atoms with Gasteiger partial charge in [0, 0.05) is 5.41 Å². The van der Waals surface area contributed by atoms with Crippen LogP contribution in [0, 0.1) is 5.82 Å². The van der Waals surface area contributed by atoms with Crippen LogP contribution in [0.2, 0.25) is 0 Å². The summed E-state index contributed by atoms with van der Waals surface area (Å²) >= 11 is 0. The van der Waals surface area contributed by atoms with Crippen molar-refractivity contribution in [1.29, 1.82) is 0 Å². The zero-order valence-corrected chi connectivity index (χ0v) is 11.1. The van der Waals surface area contributed by atoms with Gasteiger partial charge in [-0.3, -0.25) is 0 Å². The topological polar surface area (TPSA) is 60.4 Å². The van der Waals surface area contributed by atoms with Gasteiger partial charge >= 0.3 is 5.97 Å². The van der Waals surface area contributed by atoms with Crippen LogP contribution in [0.4, 0.5) is 4.39 Å². The van der Waals surface area contributed by atoms with Crippen molar-refractivity contribution >= 4 is 15.8 Å². The molecule has 0 saturated carbocycles. The SMILES string of the molecule is COC(=O)c1cc2c(cc1F)C(C)(C)CS2(=O)=O. The third-order valence-corrected chi connectivity index (χ3v) is 5.20. The summed E-state index contributed by atoms with van der Waals surface area (Å²) in [7, 11) is -2.35. The zero-order chi connectivity index (χ0) is 13.7. The van der Waals surface area contributed by atoms with Crippen LogP contribution in [0.15, 0.2) is 17.0 Å².